The largest absolute Gasteiger partial charge is 0.486 e. The molecule has 0 spiro atoms. The number of likely N-dealkylation sites (N-methyl/N-ethyl adjacent to an activating group) is 1. The SMILES string of the molecule is CN(C)C/C=C/C(=O)Nc1cc2c(Nc3ccc(OCc4ccccn4)c(Cl)c3)ncnc2cc1O[C@@H]1CCOC1. The van der Waals surface area contributed by atoms with Crippen LogP contribution in [0, 0.1) is 0 Å². The number of ether oxygens (including phenoxy) is 3. The van der Waals surface area contributed by atoms with E-state index < -0.39 is 0 Å². The lowest BCUT2D eigenvalue weighted by Gasteiger charge is -2.18. The Labute approximate surface area is 243 Å². The van der Waals surface area contributed by atoms with Crippen molar-refractivity contribution in [3.63, 3.8) is 0 Å². The van der Waals surface area contributed by atoms with E-state index in [1.807, 2.05) is 49.3 Å². The second-order valence-corrected chi connectivity index (χ2v) is 10.1. The van der Waals surface area contributed by atoms with Crippen molar-refractivity contribution in [2.24, 2.45) is 0 Å². The van der Waals surface area contributed by atoms with E-state index in [-0.39, 0.29) is 12.0 Å². The minimum Gasteiger partial charge on any atom is -0.486 e. The summed E-state index contributed by atoms with van der Waals surface area (Å²) in [4.78, 5) is 27.9. The Bertz CT molecular complexity index is 1530. The first-order valence-electron chi connectivity index (χ1n) is 13.2. The molecule has 0 saturated carbocycles. The van der Waals surface area contributed by atoms with Crippen molar-refractivity contribution in [1.82, 2.24) is 19.9 Å². The van der Waals surface area contributed by atoms with Gasteiger partial charge in [0.25, 0.3) is 0 Å². The van der Waals surface area contributed by atoms with Crippen LogP contribution in [0.5, 0.6) is 11.5 Å². The van der Waals surface area contributed by atoms with Gasteiger partial charge in [0.05, 0.1) is 35.1 Å². The maximum Gasteiger partial charge on any atom is 0.248 e. The molecule has 4 aromatic rings. The number of hydrogen-bond donors (Lipinski definition) is 2. The topological polar surface area (TPSA) is 111 Å². The number of nitrogens with one attached hydrogen (secondary N) is 2. The summed E-state index contributed by atoms with van der Waals surface area (Å²) >= 11 is 6.52. The minimum absolute atomic E-state index is 0.104. The molecule has 1 amide bonds. The molecule has 2 N–H and O–H groups in total. The highest BCUT2D eigenvalue weighted by Gasteiger charge is 2.21. The molecule has 5 rings (SSSR count). The number of nitrogens with zero attached hydrogens (tertiary/aromatic N) is 4. The molecular formula is C30H31ClN6O4. The number of halogens is 1. The standard InChI is InChI=1S/C30H31ClN6O4/c1-37(2)12-5-7-29(38)36-26-15-23-25(16-28(26)41-22-10-13-39-18-22)33-19-34-30(23)35-20-8-9-27(24(31)14-20)40-17-21-6-3-4-11-32-21/h3-9,11,14-16,19,22H,10,12-13,17-18H2,1-2H3,(H,36,38)(H,33,34,35)/b7-5+/t22-/m1/s1. The average Bonchev–Trinajstić information content (AvgIpc) is 3.47. The van der Waals surface area contributed by atoms with Crippen LogP contribution in [0.25, 0.3) is 10.9 Å². The lowest BCUT2D eigenvalue weighted by molar-refractivity contribution is -0.111. The quantitative estimate of drug-likeness (QED) is 0.233. The normalized spacial score (nSPS) is 15.0. The Kier molecular flexibility index (Phi) is 9.25. The Morgan fingerprint density at radius 1 is 1.15 bits per heavy atom. The highest BCUT2D eigenvalue weighted by atomic mass is 35.5. The molecule has 1 fully saturated rings. The van der Waals surface area contributed by atoms with Gasteiger partial charge in [-0.05, 0) is 50.5 Å². The van der Waals surface area contributed by atoms with E-state index in [9.17, 15) is 4.79 Å². The van der Waals surface area contributed by atoms with Crippen LogP contribution in [-0.4, -0.2) is 65.7 Å². The van der Waals surface area contributed by atoms with Crippen molar-refractivity contribution in [2.45, 2.75) is 19.1 Å². The molecule has 41 heavy (non-hydrogen) atoms. The number of pyridine rings is 1. The van der Waals surface area contributed by atoms with Crippen LogP contribution in [0.15, 0.2) is 73.2 Å². The third-order valence-corrected chi connectivity index (χ3v) is 6.51. The zero-order valence-electron chi connectivity index (χ0n) is 22.8. The van der Waals surface area contributed by atoms with Crippen LogP contribution in [0.4, 0.5) is 17.2 Å². The zero-order chi connectivity index (χ0) is 28.6. The van der Waals surface area contributed by atoms with Gasteiger partial charge in [-0.2, -0.15) is 0 Å². The molecule has 2 aromatic carbocycles. The maximum absolute atomic E-state index is 12.7. The second-order valence-electron chi connectivity index (χ2n) is 9.73. The van der Waals surface area contributed by atoms with Crippen molar-refractivity contribution in [2.75, 3.05) is 44.5 Å². The number of benzene rings is 2. The molecule has 0 radical (unpaired) electrons. The molecule has 0 unspecified atom stereocenters. The number of amides is 1. The molecule has 1 atom stereocenters. The third kappa shape index (κ3) is 7.69. The van der Waals surface area contributed by atoms with E-state index in [1.54, 1.807) is 30.5 Å². The highest BCUT2D eigenvalue weighted by molar-refractivity contribution is 6.32. The molecule has 0 bridgehead atoms. The Hall–Kier alpha value is -4.25. The lowest BCUT2D eigenvalue weighted by atomic mass is 10.1. The van der Waals surface area contributed by atoms with Gasteiger partial charge >= 0.3 is 0 Å². The van der Waals surface area contributed by atoms with Gasteiger partial charge in [0.1, 0.15) is 36.4 Å². The lowest BCUT2D eigenvalue weighted by Crippen LogP contribution is -2.18. The number of fused-ring (bicyclic) bond motifs is 1. The summed E-state index contributed by atoms with van der Waals surface area (Å²) in [6, 6.07) is 14.7. The zero-order valence-corrected chi connectivity index (χ0v) is 23.6. The van der Waals surface area contributed by atoms with Crippen LogP contribution in [-0.2, 0) is 16.1 Å². The fourth-order valence-electron chi connectivity index (χ4n) is 4.18. The van der Waals surface area contributed by atoms with Gasteiger partial charge in [0.15, 0.2) is 0 Å². The molecule has 3 heterocycles. The molecule has 1 aliphatic heterocycles. The molecule has 11 heteroatoms. The van der Waals surface area contributed by atoms with Crippen LogP contribution < -0.4 is 20.1 Å². The molecule has 1 aliphatic rings. The summed E-state index contributed by atoms with van der Waals surface area (Å²) in [5.74, 6) is 1.34. The van der Waals surface area contributed by atoms with Gasteiger partial charge in [0.2, 0.25) is 5.91 Å². The van der Waals surface area contributed by atoms with E-state index in [0.29, 0.717) is 71.0 Å². The summed E-state index contributed by atoms with van der Waals surface area (Å²) in [7, 11) is 3.87. The number of anilines is 3. The van der Waals surface area contributed by atoms with Crippen molar-refractivity contribution >= 4 is 45.6 Å². The summed E-state index contributed by atoms with van der Waals surface area (Å²) in [6.45, 7) is 2.08. The molecule has 10 nitrogen and oxygen atoms in total. The third-order valence-electron chi connectivity index (χ3n) is 6.21. The van der Waals surface area contributed by atoms with Crippen molar-refractivity contribution in [3.8, 4) is 11.5 Å². The monoisotopic (exact) mass is 574 g/mol. The second kappa shape index (κ2) is 13.4. The fraction of sp³-hybridized carbons (Fsp3) is 0.267. The van der Waals surface area contributed by atoms with E-state index in [4.69, 9.17) is 25.8 Å². The van der Waals surface area contributed by atoms with Crippen molar-refractivity contribution < 1.29 is 19.0 Å². The van der Waals surface area contributed by atoms with Gasteiger partial charge in [-0.3, -0.25) is 9.78 Å². The smallest absolute Gasteiger partial charge is 0.248 e. The number of carbonyl (C=O) groups excluding carboxylic acids is 1. The van der Waals surface area contributed by atoms with Crippen LogP contribution in [0.3, 0.4) is 0 Å². The molecule has 2 aromatic heterocycles. The van der Waals surface area contributed by atoms with E-state index >= 15 is 0 Å². The van der Waals surface area contributed by atoms with Crippen LogP contribution in [0.1, 0.15) is 12.1 Å². The fourth-order valence-corrected chi connectivity index (χ4v) is 4.41. The van der Waals surface area contributed by atoms with E-state index in [0.717, 1.165) is 12.1 Å². The number of hydrogen-bond acceptors (Lipinski definition) is 9. The number of aromatic nitrogens is 3. The van der Waals surface area contributed by atoms with E-state index in [2.05, 4.69) is 25.6 Å². The first kappa shape index (κ1) is 28.3. The van der Waals surface area contributed by atoms with Gasteiger partial charge in [-0.25, -0.2) is 9.97 Å². The first-order chi connectivity index (χ1) is 19.9. The van der Waals surface area contributed by atoms with Gasteiger partial charge < -0.3 is 29.7 Å². The summed E-state index contributed by atoms with van der Waals surface area (Å²) in [5.41, 5.74) is 2.68. The first-order valence-corrected chi connectivity index (χ1v) is 13.6. The minimum atomic E-state index is -0.266. The van der Waals surface area contributed by atoms with Gasteiger partial charge in [-0.15, -0.1) is 0 Å². The average molecular weight is 575 g/mol. The molecule has 1 saturated heterocycles. The van der Waals surface area contributed by atoms with Crippen molar-refractivity contribution in [1.29, 1.82) is 0 Å². The Morgan fingerprint density at radius 2 is 2.05 bits per heavy atom. The molecule has 0 aliphatic carbocycles. The number of carbonyl (C=O) groups is 1. The summed E-state index contributed by atoms with van der Waals surface area (Å²) in [6.07, 6.45) is 7.16. The van der Waals surface area contributed by atoms with Gasteiger partial charge in [0, 0.05) is 42.4 Å². The van der Waals surface area contributed by atoms with E-state index in [1.165, 1.54) is 12.4 Å². The molecular weight excluding hydrogens is 544 g/mol. The maximum atomic E-state index is 12.7. The Morgan fingerprint density at radius 3 is 2.80 bits per heavy atom. The van der Waals surface area contributed by atoms with Crippen molar-refractivity contribution in [3.05, 3.63) is 83.9 Å². The predicted octanol–water partition coefficient (Wildman–Crippen LogP) is 5.22. The highest BCUT2D eigenvalue weighted by Crippen LogP contribution is 2.36. The summed E-state index contributed by atoms with van der Waals surface area (Å²) < 4.78 is 17.5. The van der Waals surface area contributed by atoms with Crippen LogP contribution in [0.2, 0.25) is 5.02 Å². The van der Waals surface area contributed by atoms with Crippen LogP contribution >= 0.6 is 11.6 Å². The number of rotatable bonds is 11. The predicted molar refractivity (Wildman–Crippen MR) is 159 cm³/mol. The van der Waals surface area contributed by atoms with Gasteiger partial charge in [-0.1, -0.05) is 23.7 Å². The summed E-state index contributed by atoms with van der Waals surface area (Å²) in [5, 5.41) is 7.40. The molecule has 212 valence electrons. The Balaban J connectivity index is 1.39.